The molecule has 2 amide bonds. The van der Waals surface area contributed by atoms with E-state index in [4.69, 9.17) is 9.40 Å². The molecule has 1 saturated carbocycles. The largest absolute Gasteiger partial charge is 0.435 e. The van der Waals surface area contributed by atoms with Gasteiger partial charge in [0, 0.05) is 36.3 Å². The third-order valence-corrected chi connectivity index (χ3v) is 7.80. The van der Waals surface area contributed by atoms with Gasteiger partial charge in [-0.15, -0.1) is 0 Å². The summed E-state index contributed by atoms with van der Waals surface area (Å²) in [6.07, 6.45) is 6.94. The van der Waals surface area contributed by atoms with Gasteiger partial charge in [-0.05, 0) is 79.0 Å². The molecule has 0 radical (unpaired) electrons. The zero-order valence-corrected chi connectivity index (χ0v) is 22.3. The summed E-state index contributed by atoms with van der Waals surface area (Å²) in [5.74, 6) is 1.34. The summed E-state index contributed by atoms with van der Waals surface area (Å²) in [5, 5.41) is 2.79. The Kier molecular flexibility index (Phi) is 6.93. The number of fused-ring (bicyclic) bond motifs is 1. The Hall–Kier alpha value is -3.41. The monoisotopic (exact) mass is 499 g/mol. The van der Waals surface area contributed by atoms with Crippen LogP contribution < -0.4 is 5.32 Å². The predicted molar refractivity (Wildman–Crippen MR) is 146 cm³/mol. The minimum absolute atomic E-state index is 0.0427. The number of nitrogens with one attached hydrogen (secondary N) is 1. The summed E-state index contributed by atoms with van der Waals surface area (Å²) in [6, 6.07) is 15.9. The van der Waals surface area contributed by atoms with Crippen molar-refractivity contribution in [2.75, 3.05) is 11.9 Å². The lowest BCUT2D eigenvalue weighted by molar-refractivity contribution is -0.114. The van der Waals surface area contributed by atoms with Crippen LogP contribution >= 0.6 is 0 Å². The number of amides is 2. The quantitative estimate of drug-likeness (QED) is 0.417. The smallest absolute Gasteiger partial charge is 0.276 e. The second-order valence-corrected chi connectivity index (χ2v) is 11.5. The van der Waals surface area contributed by atoms with E-state index in [1.807, 2.05) is 36.4 Å². The zero-order valence-electron chi connectivity index (χ0n) is 22.3. The Labute approximate surface area is 219 Å². The van der Waals surface area contributed by atoms with E-state index in [1.54, 1.807) is 0 Å². The fourth-order valence-electron chi connectivity index (χ4n) is 5.82. The van der Waals surface area contributed by atoms with Crippen molar-refractivity contribution in [1.82, 2.24) is 9.88 Å². The Morgan fingerprint density at radius 3 is 2.24 bits per heavy atom. The minimum atomic E-state index is -0.128. The molecule has 0 spiro atoms. The van der Waals surface area contributed by atoms with E-state index in [0.29, 0.717) is 29.0 Å². The number of hydrogen-bond acceptors (Lipinski definition) is 4. The second kappa shape index (κ2) is 10.2. The average molecular weight is 500 g/mol. The van der Waals surface area contributed by atoms with E-state index in [9.17, 15) is 9.59 Å². The van der Waals surface area contributed by atoms with Gasteiger partial charge in [-0.25, -0.2) is 4.98 Å². The van der Waals surface area contributed by atoms with E-state index in [1.165, 1.54) is 38.2 Å². The lowest BCUT2D eigenvalue weighted by Crippen LogP contribution is -2.49. The van der Waals surface area contributed by atoms with Gasteiger partial charge in [0.15, 0.2) is 11.5 Å². The van der Waals surface area contributed by atoms with Gasteiger partial charge in [0.1, 0.15) is 0 Å². The molecule has 37 heavy (non-hydrogen) atoms. The Bertz CT molecular complexity index is 1270. The van der Waals surface area contributed by atoms with Crippen LogP contribution in [0.15, 0.2) is 52.9 Å². The maximum atomic E-state index is 14.0. The highest BCUT2D eigenvalue weighted by molar-refractivity contribution is 5.99. The van der Waals surface area contributed by atoms with Gasteiger partial charge >= 0.3 is 0 Å². The Balaban J connectivity index is 1.53. The molecule has 1 aromatic heterocycles. The van der Waals surface area contributed by atoms with Crippen LogP contribution in [0.5, 0.6) is 0 Å². The van der Waals surface area contributed by atoms with Crippen molar-refractivity contribution in [2.24, 2.45) is 5.92 Å². The first-order valence-corrected chi connectivity index (χ1v) is 13.5. The van der Waals surface area contributed by atoms with Crippen molar-refractivity contribution in [3.05, 3.63) is 59.8 Å². The van der Waals surface area contributed by atoms with Crippen molar-refractivity contribution in [1.29, 1.82) is 0 Å². The average Bonchev–Trinajstić information content (AvgIpc) is 3.33. The summed E-state index contributed by atoms with van der Waals surface area (Å²) in [6.45, 7) is 8.80. The second-order valence-electron chi connectivity index (χ2n) is 11.5. The molecule has 2 fully saturated rings. The molecule has 2 atom stereocenters. The lowest BCUT2D eigenvalue weighted by Gasteiger charge is -2.43. The van der Waals surface area contributed by atoms with Gasteiger partial charge in [-0.3, -0.25) is 9.59 Å². The molecule has 1 N–H and O–H groups in total. The Morgan fingerprint density at radius 1 is 0.919 bits per heavy atom. The first-order chi connectivity index (χ1) is 17.7. The van der Waals surface area contributed by atoms with Gasteiger partial charge < -0.3 is 14.6 Å². The molecule has 194 valence electrons. The number of benzene rings is 2. The van der Waals surface area contributed by atoms with Gasteiger partial charge in [0.2, 0.25) is 11.8 Å². The number of likely N-dealkylation sites (tertiary alicyclic amines) is 1. The van der Waals surface area contributed by atoms with E-state index in [0.717, 1.165) is 30.5 Å². The van der Waals surface area contributed by atoms with Crippen LogP contribution in [-0.2, 0) is 10.2 Å². The fraction of sp³-hybridized carbons (Fsp3) is 0.452. The van der Waals surface area contributed by atoms with Crippen LogP contribution in [0.1, 0.15) is 82.3 Å². The molecule has 2 heterocycles. The number of carbonyl (C=O) groups is 2. The molecular formula is C31H37N3O3. The van der Waals surface area contributed by atoms with Crippen LogP contribution in [0.2, 0.25) is 0 Å². The van der Waals surface area contributed by atoms with E-state index < -0.39 is 0 Å². The molecule has 6 nitrogen and oxygen atoms in total. The highest BCUT2D eigenvalue weighted by Gasteiger charge is 2.38. The molecule has 6 heteroatoms. The number of nitrogens with zero attached hydrogens (tertiary/aromatic N) is 2. The summed E-state index contributed by atoms with van der Waals surface area (Å²) >= 11 is 0. The minimum Gasteiger partial charge on any atom is -0.435 e. The molecule has 2 unspecified atom stereocenters. The maximum absolute atomic E-state index is 14.0. The first-order valence-electron chi connectivity index (χ1n) is 13.5. The van der Waals surface area contributed by atoms with Gasteiger partial charge in [0.05, 0.1) is 0 Å². The fourth-order valence-corrected chi connectivity index (χ4v) is 5.82. The number of carbonyl (C=O) groups excluding carboxylic acids is 2. The standard InChI is InChI=1S/C31H37N3O3/c1-20(35)32-25-17-13-22(14-18-25)28-27(30(36)34-19-7-9-21-8-5-6-10-26(21)34)33-29(37-28)23-11-15-24(16-12-23)31(2,3)4/h11-18,21,26H,5-10,19H2,1-4H3,(H,32,35). The molecule has 2 aliphatic rings. The lowest BCUT2D eigenvalue weighted by atomic mass is 9.78. The maximum Gasteiger partial charge on any atom is 0.276 e. The van der Waals surface area contributed by atoms with Gasteiger partial charge in [-0.2, -0.15) is 0 Å². The third kappa shape index (κ3) is 5.34. The molecule has 1 aliphatic carbocycles. The van der Waals surface area contributed by atoms with Gasteiger partial charge in [-0.1, -0.05) is 45.7 Å². The molecule has 2 aromatic carbocycles. The number of aromatic nitrogens is 1. The summed E-state index contributed by atoms with van der Waals surface area (Å²) in [4.78, 5) is 32.4. The third-order valence-electron chi connectivity index (χ3n) is 7.80. The zero-order chi connectivity index (χ0) is 26.2. The predicted octanol–water partition coefficient (Wildman–Crippen LogP) is 7.06. The van der Waals surface area contributed by atoms with E-state index in [2.05, 4.69) is 43.1 Å². The number of anilines is 1. The van der Waals surface area contributed by atoms with Crippen LogP contribution in [0.3, 0.4) is 0 Å². The van der Waals surface area contributed by atoms with Crippen molar-refractivity contribution in [2.45, 2.75) is 77.7 Å². The molecule has 5 rings (SSSR count). The SMILES string of the molecule is CC(=O)Nc1ccc(-c2oc(-c3ccc(C(C)(C)C)cc3)nc2C(=O)N2CCCC3CCCCC32)cc1. The van der Waals surface area contributed by atoms with Crippen LogP contribution in [0.4, 0.5) is 5.69 Å². The number of hydrogen-bond donors (Lipinski definition) is 1. The normalized spacial score (nSPS) is 19.8. The van der Waals surface area contributed by atoms with Crippen molar-refractivity contribution in [3.8, 4) is 22.8 Å². The molecule has 0 bridgehead atoms. The highest BCUT2D eigenvalue weighted by Crippen LogP contribution is 2.38. The molecular weight excluding hydrogens is 462 g/mol. The number of oxazole rings is 1. The summed E-state index contributed by atoms with van der Waals surface area (Å²) in [7, 11) is 0. The van der Waals surface area contributed by atoms with E-state index in [-0.39, 0.29) is 23.3 Å². The summed E-state index contributed by atoms with van der Waals surface area (Å²) in [5.41, 5.74) is 3.94. The van der Waals surface area contributed by atoms with E-state index >= 15 is 0 Å². The first kappa shape index (κ1) is 25.2. The van der Waals surface area contributed by atoms with Crippen molar-refractivity contribution < 1.29 is 14.0 Å². The topological polar surface area (TPSA) is 75.4 Å². The van der Waals surface area contributed by atoms with Crippen LogP contribution in [0.25, 0.3) is 22.8 Å². The highest BCUT2D eigenvalue weighted by atomic mass is 16.4. The Morgan fingerprint density at radius 2 is 1.57 bits per heavy atom. The van der Waals surface area contributed by atoms with Gasteiger partial charge in [0.25, 0.3) is 5.91 Å². The molecule has 1 saturated heterocycles. The number of piperidine rings is 1. The number of rotatable bonds is 4. The van der Waals surface area contributed by atoms with Crippen LogP contribution in [-0.4, -0.2) is 34.3 Å². The van der Waals surface area contributed by atoms with Crippen molar-refractivity contribution in [3.63, 3.8) is 0 Å². The van der Waals surface area contributed by atoms with Crippen molar-refractivity contribution >= 4 is 17.5 Å². The molecule has 3 aromatic rings. The molecule has 1 aliphatic heterocycles. The van der Waals surface area contributed by atoms with Crippen LogP contribution in [0, 0.1) is 5.92 Å². The summed E-state index contributed by atoms with van der Waals surface area (Å²) < 4.78 is 6.34.